The Kier molecular flexibility index (Phi) is 15.5. The summed E-state index contributed by atoms with van der Waals surface area (Å²) in [4.78, 5) is 102. The number of hydrogen-bond acceptors (Lipinski definition) is 11. The van der Waals surface area contributed by atoms with Crippen LogP contribution in [0.25, 0.3) is 11.1 Å². The predicted molar refractivity (Wildman–Crippen MR) is 230 cm³/mol. The van der Waals surface area contributed by atoms with Crippen molar-refractivity contribution in [3.63, 3.8) is 0 Å². The number of anilines is 2. The van der Waals surface area contributed by atoms with E-state index in [9.17, 15) is 74.9 Å². The maximum absolute atomic E-state index is 14.8. The highest BCUT2D eigenvalue weighted by molar-refractivity contribution is 6.15. The van der Waals surface area contributed by atoms with E-state index in [1.165, 1.54) is 34.0 Å². The highest BCUT2D eigenvalue weighted by atomic mass is 19.4. The number of carbonyl (C=O) groups is 8. The lowest BCUT2D eigenvalue weighted by molar-refractivity contribution is -0.139. The van der Waals surface area contributed by atoms with E-state index in [2.05, 4.69) is 21.3 Å². The van der Waals surface area contributed by atoms with Crippen molar-refractivity contribution in [2.24, 2.45) is 0 Å². The van der Waals surface area contributed by atoms with Crippen LogP contribution in [0.3, 0.4) is 0 Å². The van der Waals surface area contributed by atoms with Gasteiger partial charge in [-0.25, -0.2) is 19.2 Å². The number of alkyl halides is 6. The molecule has 17 nitrogen and oxygen atoms in total. The lowest BCUT2D eigenvalue weighted by atomic mass is 9.93. The number of carbonyl (C=O) groups excluding carboxylic acids is 6. The summed E-state index contributed by atoms with van der Waals surface area (Å²) < 4.78 is 104. The Balaban J connectivity index is 1.52. The average molecular weight is 967 g/mol. The number of carboxylic acids is 2. The fourth-order valence-electron chi connectivity index (χ4n) is 6.64. The van der Waals surface area contributed by atoms with Crippen LogP contribution in [0, 0.1) is 0 Å². The second kappa shape index (κ2) is 20.8. The molecule has 0 aliphatic rings. The third-order valence-electron chi connectivity index (χ3n) is 9.72. The fraction of sp³-hybridized carbons (Fsp3) is 0.174. The van der Waals surface area contributed by atoms with Crippen LogP contribution in [0.1, 0.15) is 108 Å². The van der Waals surface area contributed by atoms with Crippen LogP contribution in [-0.2, 0) is 21.8 Å². The lowest BCUT2D eigenvalue weighted by Crippen LogP contribution is -2.25. The van der Waals surface area contributed by atoms with Gasteiger partial charge in [-0.1, -0.05) is 12.1 Å². The number of ether oxygens (including phenoxy) is 3. The zero-order valence-electron chi connectivity index (χ0n) is 36.2. The second-order valence-electron chi connectivity index (χ2n) is 14.1. The molecule has 0 fully saturated rings. The molecule has 0 spiro atoms. The van der Waals surface area contributed by atoms with Gasteiger partial charge in [-0.2, -0.15) is 26.3 Å². The fourth-order valence-corrected chi connectivity index (χ4v) is 6.64. The molecule has 5 rings (SSSR count). The van der Waals surface area contributed by atoms with Crippen molar-refractivity contribution in [1.82, 2.24) is 10.6 Å². The van der Waals surface area contributed by atoms with Gasteiger partial charge in [0.2, 0.25) is 0 Å². The summed E-state index contributed by atoms with van der Waals surface area (Å²) in [7, 11) is 2.47. The van der Waals surface area contributed by atoms with Gasteiger partial charge in [-0.3, -0.25) is 19.2 Å². The number of hydrogen-bond donors (Lipinski definition) is 6. The summed E-state index contributed by atoms with van der Waals surface area (Å²) in [6.07, 6.45) is -10.8. The molecule has 0 radical (unpaired) electrons. The molecule has 0 saturated carbocycles. The minimum Gasteiger partial charge on any atom is -0.478 e. The Morgan fingerprint density at radius 1 is 0.464 bits per heavy atom. The molecule has 5 aromatic rings. The van der Waals surface area contributed by atoms with Crippen LogP contribution >= 0.6 is 0 Å². The monoisotopic (exact) mass is 966 g/mol. The summed E-state index contributed by atoms with van der Waals surface area (Å²) in [6, 6.07) is 11.2. The molecular formula is C46H36F6N4O13. The van der Waals surface area contributed by atoms with E-state index < -0.39 is 132 Å². The summed E-state index contributed by atoms with van der Waals surface area (Å²) in [5.41, 5.74) is -11.0. The molecular weight excluding hydrogens is 931 g/mol. The molecule has 0 saturated heterocycles. The quantitative estimate of drug-likeness (QED) is 0.0428. The van der Waals surface area contributed by atoms with Crippen molar-refractivity contribution in [2.45, 2.75) is 26.2 Å². The largest absolute Gasteiger partial charge is 0.478 e. The van der Waals surface area contributed by atoms with Gasteiger partial charge in [0, 0.05) is 25.5 Å². The van der Waals surface area contributed by atoms with E-state index in [4.69, 9.17) is 14.2 Å². The molecule has 23 heteroatoms. The molecule has 0 aliphatic heterocycles. The van der Waals surface area contributed by atoms with Gasteiger partial charge in [0.05, 0.1) is 68.8 Å². The van der Waals surface area contributed by atoms with E-state index in [1.54, 1.807) is 0 Å². The molecule has 0 aliphatic carbocycles. The van der Waals surface area contributed by atoms with Crippen molar-refractivity contribution >= 4 is 58.9 Å². The number of rotatable bonds is 15. The summed E-state index contributed by atoms with van der Waals surface area (Å²) in [6.45, 7) is 2.43. The number of halogens is 6. The van der Waals surface area contributed by atoms with Crippen LogP contribution in [0.15, 0.2) is 84.9 Å². The predicted octanol–water partition coefficient (Wildman–Crippen LogP) is 8.16. The number of carboxylic acid groups (broad SMARTS) is 2. The van der Waals surface area contributed by atoms with E-state index >= 15 is 0 Å². The van der Waals surface area contributed by atoms with Gasteiger partial charge >= 0.3 is 36.2 Å². The van der Waals surface area contributed by atoms with Crippen LogP contribution in [0.4, 0.5) is 37.7 Å². The molecule has 0 atom stereocenters. The Morgan fingerprint density at radius 2 is 0.841 bits per heavy atom. The first-order valence-electron chi connectivity index (χ1n) is 19.9. The molecule has 0 aromatic heterocycles. The standard InChI is InChI=1S/C46H36F6N4O13/c1-5-67-43(65)33-20-31(34(44(66)68-6-2)19-30(33)38(58)54-4)40(60)56-22-8-12-26(36(16-22)46(50,51)52)25-11-7-21(15-35(25)45(47,48)49)55-39(59)29-17-23(10-14-28(29)41(61)62)69-24-9-13-27(37(57)53-3)32(18-24)42(63)64/h7-20H,5-6H2,1-4H3,(H,53,57)(H,54,58)(H,55,59)(H,56,60)(H,61,62)(H,63,64). The van der Waals surface area contributed by atoms with Crippen LogP contribution in [0.5, 0.6) is 11.5 Å². The molecule has 0 heterocycles. The Bertz CT molecular complexity index is 2930. The van der Waals surface area contributed by atoms with Gasteiger partial charge in [-0.15, -0.1) is 0 Å². The van der Waals surface area contributed by atoms with Crippen molar-refractivity contribution < 1.29 is 89.1 Å². The number of esters is 2. The number of amides is 4. The van der Waals surface area contributed by atoms with Gasteiger partial charge in [0.1, 0.15) is 11.5 Å². The van der Waals surface area contributed by atoms with Crippen molar-refractivity contribution in [3.8, 4) is 22.6 Å². The summed E-state index contributed by atoms with van der Waals surface area (Å²) in [5, 5.41) is 28.2. The van der Waals surface area contributed by atoms with E-state index in [0.29, 0.717) is 24.3 Å². The minimum atomic E-state index is -5.39. The van der Waals surface area contributed by atoms with E-state index in [1.807, 2.05) is 0 Å². The van der Waals surface area contributed by atoms with Gasteiger partial charge in [0.25, 0.3) is 23.6 Å². The van der Waals surface area contributed by atoms with Crippen LogP contribution in [-0.4, -0.2) is 85.0 Å². The SMILES string of the molecule is CCOC(=O)c1cc(C(=O)Nc2ccc(-c3ccc(NC(=O)c4cc(Oc5ccc(C(=O)NC)c(C(=O)O)c5)ccc4C(=O)O)cc3C(F)(F)F)c(C(F)(F)F)c2)c(C(=O)OCC)cc1C(=O)NC. The van der Waals surface area contributed by atoms with Crippen molar-refractivity contribution in [1.29, 1.82) is 0 Å². The molecule has 4 amide bonds. The normalized spacial score (nSPS) is 11.2. The van der Waals surface area contributed by atoms with Crippen molar-refractivity contribution in [2.75, 3.05) is 37.9 Å². The molecule has 5 aromatic carbocycles. The van der Waals surface area contributed by atoms with Gasteiger partial charge in [0.15, 0.2) is 0 Å². The van der Waals surface area contributed by atoms with Crippen molar-refractivity contribution in [3.05, 3.63) is 141 Å². The zero-order valence-corrected chi connectivity index (χ0v) is 36.2. The number of benzene rings is 5. The molecule has 0 unspecified atom stereocenters. The lowest BCUT2D eigenvalue weighted by Gasteiger charge is -2.20. The van der Waals surface area contributed by atoms with Crippen LogP contribution < -0.4 is 26.0 Å². The third kappa shape index (κ3) is 11.6. The highest BCUT2D eigenvalue weighted by Crippen LogP contribution is 2.44. The Labute approximate surface area is 385 Å². The maximum Gasteiger partial charge on any atom is 0.417 e. The minimum absolute atomic E-state index is 0.185. The third-order valence-corrected chi connectivity index (χ3v) is 9.72. The summed E-state index contributed by atoms with van der Waals surface area (Å²) in [5.74, 6) is -10.2. The van der Waals surface area contributed by atoms with Gasteiger partial charge < -0.3 is 45.7 Å². The zero-order chi connectivity index (χ0) is 51.1. The Hall–Kier alpha value is -8.76. The maximum atomic E-state index is 14.8. The molecule has 6 N–H and O–H groups in total. The smallest absolute Gasteiger partial charge is 0.417 e. The van der Waals surface area contributed by atoms with Crippen LogP contribution in [0.2, 0.25) is 0 Å². The first kappa shape index (κ1) is 51.2. The first-order chi connectivity index (χ1) is 32.4. The van der Waals surface area contributed by atoms with Gasteiger partial charge in [-0.05, 0) is 97.8 Å². The number of nitrogens with one attached hydrogen (secondary N) is 4. The second-order valence-corrected chi connectivity index (χ2v) is 14.1. The first-order valence-corrected chi connectivity index (χ1v) is 19.9. The van der Waals surface area contributed by atoms with E-state index in [-0.39, 0.29) is 30.3 Å². The number of aromatic carboxylic acids is 2. The highest BCUT2D eigenvalue weighted by Gasteiger charge is 2.39. The average Bonchev–Trinajstić information content (AvgIpc) is 3.30. The molecule has 0 bridgehead atoms. The molecule has 360 valence electrons. The van der Waals surface area contributed by atoms with E-state index in [0.717, 1.165) is 54.6 Å². The summed E-state index contributed by atoms with van der Waals surface area (Å²) >= 11 is 0. The topological polar surface area (TPSA) is 253 Å². The molecule has 69 heavy (non-hydrogen) atoms. The Morgan fingerprint density at radius 3 is 1.23 bits per heavy atom.